The molecule has 0 bridgehead atoms. The van der Waals surface area contributed by atoms with E-state index in [0.717, 1.165) is 4.90 Å². The SMILES string of the molecule is NC(=NC(=O)[C@@H]1CCCN1C(=O)C[C@H](N)CN1CC(F)(F)CCC1=O)c1ccccn1. The van der Waals surface area contributed by atoms with E-state index in [2.05, 4.69) is 9.98 Å². The molecular formula is C20H26F2N6O3. The summed E-state index contributed by atoms with van der Waals surface area (Å²) in [4.78, 5) is 47.5. The molecular weight excluding hydrogens is 410 g/mol. The first-order valence-corrected chi connectivity index (χ1v) is 10.2. The maximum absolute atomic E-state index is 13.6. The minimum Gasteiger partial charge on any atom is -0.382 e. The fraction of sp³-hybridized carbons (Fsp3) is 0.550. The summed E-state index contributed by atoms with van der Waals surface area (Å²) >= 11 is 0. The van der Waals surface area contributed by atoms with Crippen molar-refractivity contribution in [2.24, 2.45) is 16.5 Å². The smallest absolute Gasteiger partial charge is 0.270 e. The molecule has 2 atom stereocenters. The number of halogens is 2. The normalized spacial score (nSPS) is 22.5. The molecule has 3 amide bonds. The van der Waals surface area contributed by atoms with Crippen LogP contribution in [0.15, 0.2) is 29.4 Å². The highest BCUT2D eigenvalue weighted by atomic mass is 19.3. The van der Waals surface area contributed by atoms with Gasteiger partial charge in [-0.2, -0.15) is 4.99 Å². The van der Waals surface area contributed by atoms with Crippen LogP contribution in [0.3, 0.4) is 0 Å². The highest BCUT2D eigenvalue weighted by Crippen LogP contribution is 2.27. The molecule has 2 saturated heterocycles. The number of alkyl halides is 2. The van der Waals surface area contributed by atoms with E-state index in [-0.39, 0.29) is 31.1 Å². The first-order chi connectivity index (χ1) is 14.7. The summed E-state index contributed by atoms with van der Waals surface area (Å²) in [6.07, 6.45) is 1.70. The second-order valence-corrected chi connectivity index (χ2v) is 7.89. The standard InChI is InChI=1S/C20H26F2N6O3/c21-20(22)7-6-16(29)27(12-20)11-13(23)10-17(30)28-9-3-5-15(28)19(31)26-18(24)14-4-1-2-8-25-14/h1-2,4,8,13,15H,3,5-7,9-12,23H2,(H2,24,26,31)/t13-,15-/m0/s1. The summed E-state index contributed by atoms with van der Waals surface area (Å²) in [6.45, 7) is -0.473. The van der Waals surface area contributed by atoms with Gasteiger partial charge in [-0.15, -0.1) is 0 Å². The molecule has 168 valence electrons. The van der Waals surface area contributed by atoms with E-state index >= 15 is 0 Å². The summed E-state index contributed by atoms with van der Waals surface area (Å²) in [5.41, 5.74) is 12.2. The van der Waals surface area contributed by atoms with Crippen LogP contribution >= 0.6 is 0 Å². The second kappa shape index (κ2) is 9.46. The Labute approximate surface area is 178 Å². The zero-order chi connectivity index (χ0) is 22.6. The summed E-state index contributed by atoms with van der Waals surface area (Å²) in [6, 6.07) is 3.46. The number of amidine groups is 1. The lowest BCUT2D eigenvalue weighted by molar-refractivity contribution is -0.148. The molecule has 0 aromatic carbocycles. The predicted molar refractivity (Wildman–Crippen MR) is 108 cm³/mol. The van der Waals surface area contributed by atoms with E-state index in [1.165, 1.54) is 11.1 Å². The summed E-state index contributed by atoms with van der Waals surface area (Å²) in [7, 11) is 0. The van der Waals surface area contributed by atoms with E-state index in [1.807, 2.05) is 0 Å². The lowest BCUT2D eigenvalue weighted by atomic mass is 10.0. The molecule has 2 aliphatic heterocycles. The maximum atomic E-state index is 13.6. The van der Waals surface area contributed by atoms with Crippen molar-refractivity contribution in [3.63, 3.8) is 0 Å². The van der Waals surface area contributed by atoms with Crippen molar-refractivity contribution < 1.29 is 23.2 Å². The number of rotatable bonds is 6. The van der Waals surface area contributed by atoms with Crippen LogP contribution in [0.4, 0.5) is 8.78 Å². The van der Waals surface area contributed by atoms with Gasteiger partial charge in [0.2, 0.25) is 11.8 Å². The van der Waals surface area contributed by atoms with Gasteiger partial charge in [0.05, 0.1) is 6.54 Å². The molecule has 9 nitrogen and oxygen atoms in total. The topological polar surface area (TPSA) is 135 Å². The van der Waals surface area contributed by atoms with Crippen molar-refractivity contribution in [3.05, 3.63) is 30.1 Å². The molecule has 11 heteroatoms. The number of nitrogens with two attached hydrogens (primary N) is 2. The van der Waals surface area contributed by atoms with E-state index < -0.39 is 42.8 Å². The maximum Gasteiger partial charge on any atom is 0.270 e. The fourth-order valence-electron chi connectivity index (χ4n) is 3.84. The molecule has 3 heterocycles. The number of hydrogen-bond donors (Lipinski definition) is 2. The Kier molecular flexibility index (Phi) is 6.94. The number of amides is 3. The number of aliphatic imine (C=N–C) groups is 1. The molecule has 0 saturated carbocycles. The zero-order valence-corrected chi connectivity index (χ0v) is 17.0. The van der Waals surface area contributed by atoms with Crippen molar-refractivity contribution >= 4 is 23.6 Å². The van der Waals surface area contributed by atoms with Crippen molar-refractivity contribution in [3.8, 4) is 0 Å². The predicted octanol–water partition coefficient (Wildman–Crippen LogP) is 0.280. The number of nitrogens with zero attached hydrogens (tertiary/aromatic N) is 4. The number of hydrogen-bond acceptors (Lipinski definition) is 5. The van der Waals surface area contributed by atoms with Gasteiger partial charge in [0.15, 0.2) is 5.84 Å². The van der Waals surface area contributed by atoms with Gasteiger partial charge in [-0.1, -0.05) is 6.07 Å². The van der Waals surface area contributed by atoms with Crippen LogP contribution in [0.25, 0.3) is 0 Å². The Morgan fingerprint density at radius 2 is 2.13 bits per heavy atom. The molecule has 31 heavy (non-hydrogen) atoms. The Morgan fingerprint density at radius 3 is 2.84 bits per heavy atom. The number of carbonyl (C=O) groups excluding carboxylic acids is 3. The highest BCUT2D eigenvalue weighted by Gasteiger charge is 2.40. The molecule has 0 spiro atoms. The molecule has 0 aliphatic carbocycles. The number of likely N-dealkylation sites (tertiary alicyclic amines) is 2. The van der Waals surface area contributed by atoms with Gasteiger partial charge in [-0.25, -0.2) is 8.78 Å². The van der Waals surface area contributed by atoms with Gasteiger partial charge < -0.3 is 21.3 Å². The number of piperidine rings is 1. The first kappa shape index (κ1) is 22.7. The van der Waals surface area contributed by atoms with E-state index in [4.69, 9.17) is 11.5 Å². The average Bonchev–Trinajstić information content (AvgIpc) is 3.21. The van der Waals surface area contributed by atoms with Gasteiger partial charge in [-0.05, 0) is 25.0 Å². The molecule has 1 aromatic rings. The minimum absolute atomic E-state index is 0.0360. The Bertz CT molecular complexity index is 864. The third-order valence-electron chi connectivity index (χ3n) is 5.39. The molecule has 3 rings (SSSR count). The Morgan fingerprint density at radius 1 is 1.35 bits per heavy atom. The van der Waals surface area contributed by atoms with Crippen LogP contribution in [-0.2, 0) is 14.4 Å². The van der Waals surface area contributed by atoms with Crippen molar-refractivity contribution in [1.82, 2.24) is 14.8 Å². The largest absolute Gasteiger partial charge is 0.382 e. The molecule has 1 aromatic heterocycles. The molecule has 0 radical (unpaired) electrons. The fourth-order valence-corrected chi connectivity index (χ4v) is 3.84. The monoisotopic (exact) mass is 436 g/mol. The zero-order valence-electron chi connectivity index (χ0n) is 17.0. The minimum atomic E-state index is -2.95. The Balaban J connectivity index is 1.59. The third kappa shape index (κ3) is 5.81. The summed E-state index contributed by atoms with van der Waals surface area (Å²) in [5, 5.41) is 0. The Hall–Kier alpha value is -2.95. The van der Waals surface area contributed by atoms with Crippen LogP contribution in [0, 0.1) is 0 Å². The van der Waals surface area contributed by atoms with Crippen molar-refractivity contribution in [2.45, 2.75) is 50.1 Å². The van der Waals surface area contributed by atoms with Crippen LogP contribution in [0.1, 0.15) is 37.8 Å². The van der Waals surface area contributed by atoms with Gasteiger partial charge in [-0.3, -0.25) is 19.4 Å². The number of aromatic nitrogens is 1. The van der Waals surface area contributed by atoms with Crippen molar-refractivity contribution in [1.29, 1.82) is 0 Å². The summed E-state index contributed by atoms with van der Waals surface area (Å²) in [5.74, 6) is -4.32. The molecule has 2 aliphatic rings. The van der Waals surface area contributed by atoms with E-state index in [0.29, 0.717) is 25.1 Å². The molecule has 4 N–H and O–H groups in total. The lowest BCUT2D eigenvalue weighted by Gasteiger charge is -2.34. The van der Waals surface area contributed by atoms with Gasteiger partial charge in [0.1, 0.15) is 11.7 Å². The molecule has 2 fully saturated rings. The van der Waals surface area contributed by atoms with Gasteiger partial charge in [0.25, 0.3) is 11.8 Å². The number of carbonyl (C=O) groups is 3. The van der Waals surface area contributed by atoms with Crippen LogP contribution < -0.4 is 11.5 Å². The number of pyridine rings is 1. The van der Waals surface area contributed by atoms with E-state index in [1.54, 1.807) is 18.2 Å². The van der Waals surface area contributed by atoms with Crippen LogP contribution in [0.2, 0.25) is 0 Å². The van der Waals surface area contributed by atoms with Crippen LogP contribution in [-0.4, -0.2) is 76.0 Å². The first-order valence-electron chi connectivity index (χ1n) is 10.2. The molecule has 0 unspecified atom stereocenters. The van der Waals surface area contributed by atoms with Crippen molar-refractivity contribution in [2.75, 3.05) is 19.6 Å². The third-order valence-corrected chi connectivity index (χ3v) is 5.39. The lowest BCUT2D eigenvalue weighted by Crippen LogP contribution is -2.51. The average molecular weight is 436 g/mol. The highest BCUT2D eigenvalue weighted by molar-refractivity contribution is 6.04. The quantitative estimate of drug-likeness (QED) is 0.486. The van der Waals surface area contributed by atoms with Gasteiger partial charge in [0, 0.05) is 44.6 Å². The van der Waals surface area contributed by atoms with Gasteiger partial charge >= 0.3 is 0 Å². The van der Waals surface area contributed by atoms with E-state index in [9.17, 15) is 23.2 Å². The van der Waals surface area contributed by atoms with Crippen LogP contribution in [0.5, 0.6) is 0 Å². The second-order valence-electron chi connectivity index (χ2n) is 7.89. The summed E-state index contributed by atoms with van der Waals surface area (Å²) < 4.78 is 27.2.